The van der Waals surface area contributed by atoms with Crippen LogP contribution in [0.25, 0.3) is 11.1 Å². The van der Waals surface area contributed by atoms with Gasteiger partial charge in [0.05, 0.1) is 24.3 Å². The third kappa shape index (κ3) is 8.19. The summed E-state index contributed by atoms with van der Waals surface area (Å²) in [7, 11) is 0. The van der Waals surface area contributed by atoms with E-state index >= 15 is 0 Å². The van der Waals surface area contributed by atoms with E-state index < -0.39 is 11.6 Å². The van der Waals surface area contributed by atoms with Gasteiger partial charge in [-0.05, 0) is 70.3 Å². The number of anilines is 1. The zero-order chi connectivity index (χ0) is 26.7. The Hall–Kier alpha value is -2.67. The molecule has 0 spiro atoms. The van der Waals surface area contributed by atoms with Crippen molar-refractivity contribution in [3.8, 4) is 17.0 Å². The topological polar surface area (TPSA) is 95.8 Å². The second-order valence-electron chi connectivity index (χ2n) is 12.1. The fraction of sp³-hybridized carbons (Fsp3) is 0.621. The molecule has 2 aromatic heterocycles. The van der Waals surface area contributed by atoms with Crippen molar-refractivity contribution in [2.24, 2.45) is 17.3 Å². The molecule has 0 aromatic carbocycles. The van der Waals surface area contributed by atoms with Crippen LogP contribution in [0.5, 0.6) is 5.88 Å². The maximum atomic E-state index is 11.6. The van der Waals surface area contributed by atoms with Crippen molar-refractivity contribution < 1.29 is 19.7 Å². The number of hydrogen-bond acceptors (Lipinski definition) is 6. The number of nitrogens with zero attached hydrogens (tertiary/aromatic N) is 3. The summed E-state index contributed by atoms with van der Waals surface area (Å²) >= 11 is 0. The van der Waals surface area contributed by atoms with Crippen molar-refractivity contribution in [1.82, 2.24) is 9.97 Å². The molecule has 36 heavy (non-hydrogen) atoms. The standard InChI is InChI=1S/C25H33N3O3.C4H10O/c1-16-11-19(16)15-31-22-6-5-18(13-27-22)21-14-26-17(2)20(12-23(29)30)24(21)28-9-7-25(3,4)8-10-28;1-4(2,3)5/h5-6,13-14,16,19H,7-12,15H2,1-4H3,(H,29,30);5H,1-3H3. The molecule has 0 bridgehead atoms. The number of aromatic nitrogens is 2. The molecule has 4 rings (SSSR count). The third-order valence-electron chi connectivity index (χ3n) is 6.90. The molecule has 2 aromatic rings. The first-order valence-electron chi connectivity index (χ1n) is 13.0. The maximum Gasteiger partial charge on any atom is 0.307 e. The van der Waals surface area contributed by atoms with Gasteiger partial charge in [0.15, 0.2) is 0 Å². The molecule has 3 heterocycles. The number of rotatable bonds is 7. The van der Waals surface area contributed by atoms with E-state index in [4.69, 9.17) is 9.84 Å². The van der Waals surface area contributed by atoms with Crippen LogP contribution in [0.3, 0.4) is 0 Å². The minimum Gasteiger partial charge on any atom is -0.481 e. The van der Waals surface area contributed by atoms with Crippen LogP contribution in [0.4, 0.5) is 5.69 Å². The molecule has 2 N–H and O–H groups in total. The van der Waals surface area contributed by atoms with E-state index in [0.29, 0.717) is 17.2 Å². The highest BCUT2D eigenvalue weighted by Gasteiger charge is 2.33. The summed E-state index contributed by atoms with van der Waals surface area (Å²) in [5.41, 5.74) is 4.26. The van der Waals surface area contributed by atoms with E-state index in [9.17, 15) is 9.90 Å². The summed E-state index contributed by atoms with van der Waals surface area (Å²) in [6, 6.07) is 3.91. The monoisotopic (exact) mass is 497 g/mol. The second kappa shape index (κ2) is 11.2. The Morgan fingerprint density at radius 2 is 1.78 bits per heavy atom. The van der Waals surface area contributed by atoms with Crippen LogP contribution in [-0.4, -0.2) is 51.4 Å². The van der Waals surface area contributed by atoms with Crippen LogP contribution in [0.15, 0.2) is 24.5 Å². The minimum atomic E-state index is -0.836. The van der Waals surface area contributed by atoms with Gasteiger partial charge in [-0.2, -0.15) is 0 Å². The molecule has 198 valence electrons. The Labute approximate surface area is 215 Å². The minimum absolute atomic E-state index is 0.0317. The fourth-order valence-corrected chi connectivity index (χ4v) is 4.35. The first kappa shape index (κ1) is 27.9. The molecule has 1 saturated carbocycles. The van der Waals surface area contributed by atoms with Gasteiger partial charge in [-0.25, -0.2) is 4.98 Å². The number of carbonyl (C=O) groups is 1. The number of hydrogen-bond donors (Lipinski definition) is 2. The number of aryl methyl sites for hydroxylation is 1. The van der Waals surface area contributed by atoms with Gasteiger partial charge in [-0.1, -0.05) is 20.8 Å². The van der Waals surface area contributed by atoms with Gasteiger partial charge in [0.25, 0.3) is 0 Å². The lowest BCUT2D eigenvalue weighted by atomic mass is 9.82. The fourth-order valence-electron chi connectivity index (χ4n) is 4.35. The van der Waals surface area contributed by atoms with Crippen molar-refractivity contribution in [2.45, 2.75) is 79.8 Å². The van der Waals surface area contributed by atoms with Gasteiger partial charge >= 0.3 is 5.97 Å². The van der Waals surface area contributed by atoms with Crippen molar-refractivity contribution in [1.29, 1.82) is 0 Å². The summed E-state index contributed by atoms with van der Waals surface area (Å²) < 4.78 is 5.84. The van der Waals surface area contributed by atoms with E-state index in [1.165, 1.54) is 6.42 Å². The number of carboxylic acids is 1. The normalized spacial score (nSPS) is 20.8. The average molecular weight is 498 g/mol. The van der Waals surface area contributed by atoms with Crippen molar-refractivity contribution >= 4 is 11.7 Å². The molecule has 2 aliphatic rings. The average Bonchev–Trinajstić information content (AvgIpc) is 3.48. The van der Waals surface area contributed by atoms with Crippen LogP contribution in [0.1, 0.15) is 72.1 Å². The van der Waals surface area contributed by atoms with E-state index in [1.54, 1.807) is 20.8 Å². The summed E-state index contributed by atoms with van der Waals surface area (Å²) in [5.74, 6) is 1.20. The SMILES string of the molecule is CC(C)(C)O.Cc1ncc(-c2ccc(OCC3CC3C)nc2)c(N2CCC(C)(C)CC2)c1CC(=O)O. The number of ether oxygens (including phenoxy) is 1. The highest BCUT2D eigenvalue weighted by molar-refractivity contribution is 5.84. The highest BCUT2D eigenvalue weighted by atomic mass is 16.5. The van der Waals surface area contributed by atoms with E-state index in [-0.39, 0.29) is 6.42 Å². The zero-order valence-corrected chi connectivity index (χ0v) is 23.0. The largest absolute Gasteiger partial charge is 0.481 e. The van der Waals surface area contributed by atoms with Gasteiger partial charge in [0.1, 0.15) is 0 Å². The Morgan fingerprint density at radius 3 is 2.28 bits per heavy atom. The summed E-state index contributed by atoms with van der Waals surface area (Å²) in [6.45, 7) is 16.5. The van der Waals surface area contributed by atoms with Crippen molar-refractivity contribution in [3.05, 3.63) is 35.8 Å². The molecule has 2 atom stereocenters. The van der Waals surface area contributed by atoms with Gasteiger partial charge in [-0.3, -0.25) is 9.78 Å². The summed E-state index contributed by atoms with van der Waals surface area (Å²) in [6.07, 6.45) is 7.03. The van der Waals surface area contributed by atoms with Crippen molar-refractivity contribution in [3.63, 3.8) is 0 Å². The van der Waals surface area contributed by atoms with Gasteiger partial charge < -0.3 is 19.8 Å². The third-order valence-corrected chi connectivity index (χ3v) is 6.90. The maximum absolute atomic E-state index is 11.6. The van der Waals surface area contributed by atoms with E-state index in [1.807, 2.05) is 31.5 Å². The number of carboxylic acid groups (broad SMARTS) is 1. The first-order valence-corrected chi connectivity index (χ1v) is 13.0. The van der Waals surface area contributed by atoms with Crippen molar-refractivity contribution in [2.75, 3.05) is 24.6 Å². The molecule has 0 radical (unpaired) electrons. The Morgan fingerprint density at radius 1 is 1.17 bits per heavy atom. The lowest BCUT2D eigenvalue weighted by Crippen LogP contribution is -2.38. The quantitative estimate of drug-likeness (QED) is 0.520. The van der Waals surface area contributed by atoms with E-state index in [2.05, 4.69) is 35.6 Å². The zero-order valence-electron chi connectivity index (χ0n) is 23.0. The van der Waals surface area contributed by atoms with Crippen LogP contribution in [0.2, 0.25) is 0 Å². The van der Waals surface area contributed by atoms with Crippen LogP contribution in [0, 0.1) is 24.2 Å². The molecule has 1 aliphatic carbocycles. The Bertz CT molecular complexity index is 1030. The predicted octanol–water partition coefficient (Wildman–Crippen LogP) is 5.52. The lowest BCUT2D eigenvalue weighted by Gasteiger charge is -2.40. The van der Waals surface area contributed by atoms with Gasteiger partial charge in [-0.15, -0.1) is 0 Å². The Kier molecular flexibility index (Phi) is 8.65. The second-order valence-corrected chi connectivity index (χ2v) is 12.1. The molecule has 0 amide bonds. The van der Waals surface area contributed by atoms with Crippen LogP contribution < -0.4 is 9.64 Å². The summed E-state index contributed by atoms with van der Waals surface area (Å²) in [4.78, 5) is 23.0. The molecule has 7 nitrogen and oxygen atoms in total. The first-order chi connectivity index (χ1) is 16.7. The molecule has 7 heteroatoms. The molecular weight excluding hydrogens is 454 g/mol. The van der Waals surface area contributed by atoms with E-state index in [0.717, 1.165) is 66.5 Å². The molecule has 2 unspecified atom stereocenters. The molecule has 1 aliphatic heterocycles. The number of pyridine rings is 2. The molecule has 1 saturated heterocycles. The number of aliphatic hydroxyl groups is 1. The smallest absolute Gasteiger partial charge is 0.307 e. The molecule has 2 fully saturated rings. The predicted molar refractivity (Wildman–Crippen MR) is 144 cm³/mol. The highest BCUT2D eigenvalue weighted by Crippen LogP contribution is 2.40. The number of aliphatic carboxylic acids is 1. The van der Waals surface area contributed by atoms with Gasteiger partial charge in [0, 0.05) is 53.9 Å². The van der Waals surface area contributed by atoms with Crippen LogP contribution in [-0.2, 0) is 11.2 Å². The molecular formula is C29H43N3O4. The lowest BCUT2D eigenvalue weighted by molar-refractivity contribution is -0.136. The van der Waals surface area contributed by atoms with Gasteiger partial charge in [0.2, 0.25) is 5.88 Å². The Balaban J connectivity index is 0.000000658. The summed E-state index contributed by atoms with van der Waals surface area (Å²) in [5, 5.41) is 18.1. The number of piperidine rings is 1. The van der Waals surface area contributed by atoms with Crippen LogP contribution >= 0.6 is 0 Å².